The Labute approximate surface area is 124 Å². The molecule has 0 radical (unpaired) electrons. The van der Waals surface area contributed by atoms with Crippen molar-refractivity contribution >= 4 is 32.2 Å². The molecule has 5 nitrogen and oxygen atoms in total. The minimum absolute atomic E-state index is 0.154. The molecule has 3 rings (SSSR count). The zero-order valence-electron chi connectivity index (χ0n) is 11.8. The predicted octanol–water partition coefficient (Wildman–Crippen LogP) is 2.65. The summed E-state index contributed by atoms with van der Waals surface area (Å²) < 4.78 is 28.9. The van der Waals surface area contributed by atoms with Crippen molar-refractivity contribution in [3.63, 3.8) is 0 Å². The summed E-state index contributed by atoms with van der Waals surface area (Å²) in [5, 5.41) is 3.76. The third-order valence-electron chi connectivity index (χ3n) is 4.23. The van der Waals surface area contributed by atoms with Gasteiger partial charge in [0.25, 0.3) is 0 Å². The van der Waals surface area contributed by atoms with Gasteiger partial charge in [-0.2, -0.15) is 4.37 Å². The number of nitrogens with two attached hydrogens (primary N) is 1. The van der Waals surface area contributed by atoms with E-state index in [1.165, 1.54) is 11.5 Å². The van der Waals surface area contributed by atoms with Crippen LogP contribution in [0.2, 0.25) is 0 Å². The molecular weight excluding hydrogens is 294 g/mol. The maximum Gasteiger partial charge on any atom is 0.187 e. The molecular formula is C13H21N3O2S2. The second kappa shape index (κ2) is 4.59. The second-order valence-electron chi connectivity index (χ2n) is 6.72. The molecule has 0 spiro atoms. The minimum Gasteiger partial charge on any atom is -0.382 e. The Morgan fingerprint density at radius 3 is 2.60 bits per heavy atom. The van der Waals surface area contributed by atoms with Crippen molar-refractivity contribution in [1.29, 1.82) is 0 Å². The smallest absolute Gasteiger partial charge is 0.187 e. The fraction of sp³-hybridized carbons (Fsp3) is 0.769. The third kappa shape index (κ3) is 2.53. The SMILES string of the molecule is CC1(C)CCC(Nc2snc(N)c2S(=O)(=O)C2CC2)C1. The Morgan fingerprint density at radius 2 is 2.05 bits per heavy atom. The van der Waals surface area contributed by atoms with Gasteiger partial charge in [-0.1, -0.05) is 13.8 Å². The Morgan fingerprint density at radius 1 is 1.35 bits per heavy atom. The molecule has 1 atom stereocenters. The van der Waals surface area contributed by atoms with Crippen LogP contribution in [0.25, 0.3) is 0 Å². The van der Waals surface area contributed by atoms with Gasteiger partial charge < -0.3 is 11.1 Å². The summed E-state index contributed by atoms with van der Waals surface area (Å²) in [6.07, 6.45) is 4.76. The van der Waals surface area contributed by atoms with E-state index in [1.807, 2.05) is 0 Å². The molecule has 3 N–H and O–H groups in total. The van der Waals surface area contributed by atoms with E-state index in [-0.39, 0.29) is 16.0 Å². The summed E-state index contributed by atoms with van der Waals surface area (Å²) >= 11 is 1.17. The lowest BCUT2D eigenvalue weighted by Crippen LogP contribution is -2.19. The summed E-state index contributed by atoms with van der Waals surface area (Å²) in [6, 6.07) is 0.318. The summed E-state index contributed by atoms with van der Waals surface area (Å²) in [6.45, 7) is 4.50. The fourth-order valence-corrected chi connectivity index (χ4v) is 5.90. The van der Waals surface area contributed by atoms with Gasteiger partial charge in [0, 0.05) is 6.04 Å². The lowest BCUT2D eigenvalue weighted by atomic mass is 9.92. The molecule has 0 bridgehead atoms. The molecule has 7 heteroatoms. The van der Waals surface area contributed by atoms with Crippen molar-refractivity contribution < 1.29 is 8.42 Å². The van der Waals surface area contributed by atoms with E-state index in [1.54, 1.807) is 0 Å². The van der Waals surface area contributed by atoms with Gasteiger partial charge in [0.15, 0.2) is 15.7 Å². The highest BCUT2D eigenvalue weighted by molar-refractivity contribution is 7.92. The quantitative estimate of drug-likeness (QED) is 0.892. The van der Waals surface area contributed by atoms with Crippen LogP contribution in [-0.4, -0.2) is 24.1 Å². The highest BCUT2D eigenvalue weighted by Gasteiger charge is 2.41. The molecule has 1 heterocycles. The lowest BCUT2D eigenvalue weighted by Gasteiger charge is -2.18. The topological polar surface area (TPSA) is 85.1 Å². The van der Waals surface area contributed by atoms with E-state index in [2.05, 4.69) is 23.5 Å². The standard InChI is InChI=1S/C13H21N3O2S2/c1-13(2)6-5-8(7-13)15-12-10(11(14)16-19-12)20(17,18)9-3-4-9/h8-9,15H,3-7H2,1-2H3,(H2,14,16). The normalized spacial score (nSPS) is 25.8. The van der Waals surface area contributed by atoms with Gasteiger partial charge in [0.1, 0.15) is 9.90 Å². The molecule has 1 aromatic heterocycles. The van der Waals surface area contributed by atoms with E-state index in [4.69, 9.17) is 5.73 Å². The molecule has 1 aromatic rings. The van der Waals surface area contributed by atoms with E-state index in [0.29, 0.717) is 16.5 Å². The number of nitrogens with one attached hydrogen (secondary N) is 1. The van der Waals surface area contributed by atoms with Crippen molar-refractivity contribution in [2.45, 2.75) is 62.1 Å². The Kier molecular flexibility index (Phi) is 3.25. The van der Waals surface area contributed by atoms with E-state index in [9.17, 15) is 8.42 Å². The Hall–Kier alpha value is -0.820. The van der Waals surface area contributed by atoms with Crippen LogP contribution in [0, 0.1) is 5.41 Å². The van der Waals surface area contributed by atoms with Crippen molar-refractivity contribution in [2.24, 2.45) is 5.41 Å². The number of nitrogens with zero attached hydrogens (tertiary/aromatic N) is 1. The molecule has 0 saturated heterocycles. The number of rotatable bonds is 4. The lowest BCUT2D eigenvalue weighted by molar-refractivity contribution is 0.378. The predicted molar refractivity (Wildman–Crippen MR) is 81.8 cm³/mol. The van der Waals surface area contributed by atoms with Crippen LogP contribution in [0.1, 0.15) is 46.0 Å². The third-order valence-corrected chi connectivity index (χ3v) is 7.48. The van der Waals surface area contributed by atoms with E-state index in [0.717, 1.165) is 32.1 Å². The molecule has 0 aliphatic heterocycles. The zero-order chi connectivity index (χ0) is 14.5. The average Bonchev–Trinajstić information content (AvgIpc) is 3.06. The summed E-state index contributed by atoms with van der Waals surface area (Å²) in [4.78, 5) is 0.245. The number of aromatic nitrogens is 1. The van der Waals surface area contributed by atoms with Crippen LogP contribution in [0.3, 0.4) is 0 Å². The van der Waals surface area contributed by atoms with Gasteiger partial charge in [-0.05, 0) is 49.1 Å². The van der Waals surface area contributed by atoms with Gasteiger partial charge >= 0.3 is 0 Å². The Bertz CT molecular complexity index is 618. The fourth-order valence-electron chi connectivity index (χ4n) is 2.95. The number of hydrogen-bond acceptors (Lipinski definition) is 6. The molecule has 2 aliphatic rings. The number of hydrogen-bond donors (Lipinski definition) is 2. The average molecular weight is 315 g/mol. The van der Waals surface area contributed by atoms with Crippen LogP contribution in [0.4, 0.5) is 10.8 Å². The van der Waals surface area contributed by atoms with Crippen molar-refractivity contribution in [3.8, 4) is 0 Å². The van der Waals surface area contributed by atoms with Gasteiger partial charge in [0.2, 0.25) is 0 Å². The maximum absolute atomic E-state index is 12.4. The van der Waals surface area contributed by atoms with Crippen LogP contribution in [0.5, 0.6) is 0 Å². The molecule has 0 amide bonds. The molecule has 20 heavy (non-hydrogen) atoms. The molecule has 0 aromatic carbocycles. The minimum atomic E-state index is -3.29. The monoisotopic (exact) mass is 315 g/mol. The van der Waals surface area contributed by atoms with Crippen molar-refractivity contribution in [2.75, 3.05) is 11.1 Å². The second-order valence-corrected chi connectivity index (χ2v) is 9.66. The molecule has 2 aliphatic carbocycles. The van der Waals surface area contributed by atoms with Crippen LogP contribution in [-0.2, 0) is 9.84 Å². The van der Waals surface area contributed by atoms with Gasteiger partial charge in [-0.25, -0.2) is 8.42 Å². The van der Waals surface area contributed by atoms with Gasteiger partial charge in [-0.3, -0.25) is 0 Å². The van der Waals surface area contributed by atoms with E-state index >= 15 is 0 Å². The summed E-state index contributed by atoms with van der Waals surface area (Å²) in [5.74, 6) is 0.154. The van der Waals surface area contributed by atoms with Crippen molar-refractivity contribution in [3.05, 3.63) is 0 Å². The summed E-state index contributed by atoms with van der Waals surface area (Å²) in [7, 11) is -3.29. The first-order valence-corrected chi connectivity index (χ1v) is 9.37. The van der Waals surface area contributed by atoms with Crippen LogP contribution >= 0.6 is 11.5 Å². The zero-order valence-corrected chi connectivity index (χ0v) is 13.5. The van der Waals surface area contributed by atoms with Crippen molar-refractivity contribution in [1.82, 2.24) is 4.37 Å². The first-order valence-electron chi connectivity index (χ1n) is 7.05. The first kappa shape index (κ1) is 14.1. The molecule has 112 valence electrons. The van der Waals surface area contributed by atoms with Crippen LogP contribution < -0.4 is 11.1 Å². The molecule has 2 fully saturated rings. The van der Waals surface area contributed by atoms with Gasteiger partial charge in [0.05, 0.1) is 5.25 Å². The molecule has 1 unspecified atom stereocenters. The largest absolute Gasteiger partial charge is 0.382 e. The Balaban J connectivity index is 1.85. The summed E-state index contributed by atoms with van der Waals surface area (Å²) in [5.41, 5.74) is 6.12. The number of nitrogen functional groups attached to an aromatic ring is 1. The van der Waals surface area contributed by atoms with E-state index < -0.39 is 9.84 Å². The first-order chi connectivity index (χ1) is 9.29. The number of anilines is 2. The highest BCUT2D eigenvalue weighted by Crippen LogP contribution is 2.43. The molecule has 2 saturated carbocycles. The van der Waals surface area contributed by atoms with Gasteiger partial charge in [-0.15, -0.1) is 0 Å². The van der Waals surface area contributed by atoms with Crippen LogP contribution in [0.15, 0.2) is 4.90 Å². The maximum atomic E-state index is 12.4. The highest BCUT2D eigenvalue weighted by atomic mass is 32.2. The number of sulfone groups is 1.